The van der Waals surface area contributed by atoms with Gasteiger partial charge in [0.05, 0.1) is 15.9 Å². The van der Waals surface area contributed by atoms with E-state index in [1.54, 1.807) is 19.9 Å². The van der Waals surface area contributed by atoms with Crippen LogP contribution in [0.25, 0.3) is 0 Å². The zero-order chi connectivity index (χ0) is 16.0. The van der Waals surface area contributed by atoms with E-state index in [0.29, 0.717) is 10.2 Å². The van der Waals surface area contributed by atoms with Crippen molar-refractivity contribution in [2.75, 3.05) is 0 Å². The fraction of sp³-hybridized carbons (Fsp3) is 0.500. The summed E-state index contributed by atoms with van der Waals surface area (Å²) in [6.07, 6.45) is -0.806. The molecule has 0 amide bonds. The molecule has 1 fully saturated rings. The Morgan fingerprint density at radius 2 is 2.09 bits per heavy atom. The molecule has 0 N–H and O–H groups in total. The van der Waals surface area contributed by atoms with Gasteiger partial charge < -0.3 is 0 Å². The van der Waals surface area contributed by atoms with E-state index in [1.165, 1.54) is 9.36 Å². The van der Waals surface area contributed by atoms with Crippen molar-refractivity contribution in [2.45, 2.75) is 45.6 Å². The van der Waals surface area contributed by atoms with Gasteiger partial charge in [0.1, 0.15) is 12.2 Å². The first-order valence-electron chi connectivity index (χ1n) is 6.99. The van der Waals surface area contributed by atoms with Crippen LogP contribution in [-0.2, 0) is 6.54 Å². The number of aryl methyl sites for hydroxylation is 2. The van der Waals surface area contributed by atoms with Gasteiger partial charge >= 0.3 is 0 Å². The average Bonchev–Trinajstić information content (AvgIpc) is 3.12. The Morgan fingerprint density at radius 1 is 1.41 bits per heavy atom. The van der Waals surface area contributed by atoms with Crippen molar-refractivity contribution in [1.82, 2.24) is 19.6 Å². The number of hydrogen-bond acceptors (Lipinski definition) is 3. The SMILES string of the molecule is Cc1cc(C)n(C(=O)Cn2nc(C(F)F)c(Br)c2C2CC2)n1. The van der Waals surface area contributed by atoms with E-state index in [-0.39, 0.29) is 24.1 Å². The van der Waals surface area contributed by atoms with Crippen molar-refractivity contribution >= 4 is 21.8 Å². The summed E-state index contributed by atoms with van der Waals surface area (Å²) < 4.78 is 29.1. The number of hydrogen-bond donors (Lipinski definition) is 0. The normalized spacial score (nSPS) is 14.8. The quantitative estimate of drug-likeness (QED) is 0.823. The average molecular weight is 373 g/mol. The molecule has 2 aromatic rings. The zero-order valence-electron chi connectivity index (χ0n) is 12.2. The number of nitrogens with zero attached hydrogens (tertiary/aromatic N) is 4. The summed E-state index contributed by atoms with van der Waals surface area (Å²) in [4.78, 5) is 12.4. The molecule has 1 aliphatic rings. The van der Waals surface area contributed by atoms with Gasteiger partial charge in [-0.1, -0.05) is 0 Å². The molecule has 8 heteroatoms. The fourth-order valence-corrected chi connectivity index (χ4v) is 3.34. The first kappa shape index (κ1) is 15.3. The minimum absolute atomic E-state index is 0.0981. The van der Waals surface area contributed by atoms with Crippen molar-refractivity contribution in [2.24, 2.45) is 0 Å². The molecule has 0 aliphatic heterocycles. The lowest BCUT2D eigenvalue weighted by atomic mass is 10.2. The molecule has 2 aromatic heterocycles. The summed E-state index contributed by atoms with van der Waals surface area (Å²) >= 11 is 3.21. The van der Waals surface area contributed by atoms with Crippen molar-refractivity contribution in [3.63, 3.8) is 0 Å². The molecule has 0 radical (unpaired) electrons. The Labute approximate surface area is 134 Å². The molecule has 0 bridgehead atoms. The van der Waals surface area contributed by atoms with E-state index in [2.05, 4.69) is 26.1 Å². The van der Waals surface area contributed by atoms with Gasteiger partial charge in [-0.15, -0.1) is 0 Å². The van der Waals surface area contributed by atoms with E-state index < -0.39 is 6.43 Å². The number of carbonyl (C=O) groups is 1. The van der Waals surface area contributed by atoms with E-state index in [4.69, 9.17) is 0 Å². The number of rotatable bonds is 4. The molecule has 0 atom stereocenters. The second kappa shape index (κ2) is 5.57. The lowest BCUT2D eigenvalue weighted by molar-refractivity contribution is 0.0863. The fourth-order valence-electron chi connectivity index (χ4n) is 2.56. The maximum atomic E-state index is 13.0. The lowest BCUT2D eigenvalue weighted by Gasteiger charge is -2.07. The van der Waals surface area contributed by atoms with Crippen molar-refractivity contribution in [3.05, 3.63) is 33.3 Å². The second-order valence-corrected chi connectivity index (χ2v) is 6.34. The van der Waals surface area contributed by atoms with Gasteiger partial charge in [0.2, 0.25) is 0 Å². The number of alkyl halides is 2. The van der Waals surface area contributed by atoms with Crippen LogP contribution in [0.3, 0.4) is 0 Å². The lowest BCUT2D eigenvalue weighted by Crippen LogP contribution is -2.22. The number of halogens is 3. The highest BCUT2D eigenvalue weighted by molar-refractivity contribution is 9.10. The molecule has 0 spiro atoms. The highest BCUT2D eigenvalue weighted by Gasteiger charge is 2.34. The molecule has 3 rings (SSSR count). The molecule has 0 saturated heterocycles. The topological polar surface area (TPSA) is 52.7 Å². The van der Waals surface area contributed by atoms with Crippen LogP contribution >= 0.6 is 15.9 Å². The van der Waals surface area contributed by atoms with Crippen LogP contribution in [0.1, 0.15) is 52.8 Å². The molecule has 5 nitrogen and oxygen atoms in total. The summed E-state index contributed by atoms with van der Waals surface area (Å²) in [5.74, 6) is -0.0917. The Kier molecular flexibility index (Phi) is 3.88. The molecule has 22 heavy (non-hydrogen) atoms. The van der Waals surface area contributed by atoms with Crippen LogP contribution in [0.4, 0.5) is 8.78 Å². The third-order valence-electron chi connectivity index (χ3n) is 3.66. The highest BCUT2D eigenvalue weighted by Crippen LogP contribution is 2.45. The molecule has 1 aliphatic carbocycles. The Balaban J connectivity index is 1.93. The summed E-state index contributed by atoms with van der Waals surface area (Å²) in [7, 11) is 0. The van der Waals surface area contributed by atoms with Gasteiger partial charge in [-0.05, 0) is 48.7 Å². The van der Waals surface area contributed by atoms with Crippen molar-refractivity contribution in [3.8, 4) is 0 Å². The van der Waals surface area contributed by atoms with E-state index in [0.717, 1.165) is 24.2 Å². The standard InChI is InChI=1S/C14H15BrF2N4O/c1-7-5-8(2)21(18-7)10(22)6-20-13(9-3-4-9)11(15)12(19-20)14(16)17/h5,9,14H,3-4,6H2,1-2H3. The third-order valence-corrected chi connectivity index (χ3v) is 4.47. The van der Waals surface area contributed by atoms with Crippen LogP contribution in [0.2, 0.25) is 0 Å². The maximum Gasteiger partial charge on any atom is 0.283 e. The van der Waals surface area contributed by atoms with Gasteiger partial charge in [0.25, 0.3) is 12.3 Å². The summed E-state index contributed by atoms with van der Waals surface area (Å²) in [6, 6.07) is 1.79. The molecule has 0 aromatic carbocycles. The molecule has 118 valence electrons. The zero-order valence-corrected chi connectivity index (χ0v) is 13.8. The number of carbonyl (C=O) groups excluding carboxylic acids is 1. The minimum Gasteiger partial charge on any atom is -0.270 e. The van der Waals surface area contributed by atoms with Crippen LogP contribution < -0.4 is 0 Å². The predicted molar refractivity (Wildman–Crippen MR) is 79.2 cm³/mol. The monoisotopic (exact) mass is 372 g/mol. The van der Waals surface area contributed by atoms with Crippen molar-refractivity contribution < 1.29 is 13.6 Å². The molecule has 1 saturated carbocycles. The van der Waals surface area contributed by atoms with E-state index in [9.17, 15) is 13.6 Å². The molecule has 2 heterocycles. The number of aromatic nitrogens is 4. The maximum absolute atomic E-state index is 13.0. The van der Waals surface area contributed by atoms with Crippen LogP contribution in [0.5, 0.6) is 0 Å². The van der Waals surface area contributed by atoms with Crippen LogP contribution in [-0.4, -0.2) is 25.5 Å². The molecule has 0 unspecified atom stereocenters. The van der Waals surface area contributed by atoms with Crippen LogP contribution in [0.15, 0.2) is 10.5 Å². The Hall–Kier alpha value is -1.57. The first-order chi connectivity index (χ1) is 10.4. The second-order valence-electron chi connectivity index (χ2n) is 5.55. The van der Waals surface area contributed by atoms with E-state index in [1.807, 2.05) is 0 Å². The minimum atomic E-state index is -2.67. The van der Waals surface area contributed by atoms with Gasteiger partial charge in [-0.3, -0.25) is 9.48 Å². The highest BCUT2D eigenvalue weighted by atomic mass is 79.9. The van der Waals surface area contributed by atoms with Gasteiger partial charge in [-0.25, -0.2) is 13.5 Å². The van der Waals surface area contributed by atoms with Gasteiger partial charge in [0.15, 0.2) is 0 Å². The summed E-state index contributed by atoms with van der Waals surface area (Å²) in [5.41, 5.74) is 1.84. The summed E-state index contributed by atoms with van der Waals surface area (Å²) in [5, 5.41) is 8.06. The Morgan fingerprint density at radius 3 is 2.59 bits per heavy atom. The smallest absolute Gasteiger partial charge is 0.270 e. The Bertz CT molecular complexity index is 734. The van der Waals surface area contributed by atoms with Crippen LogP contribution in [0, 0.1) is 13.8 Å². The third kappa shape index (κ3) is 2.71. The van der Waals surface area contributed by atoms with Gasteiger partial charge in [-0.2, -0.15) is 10.2 Å². The molecular weight excluding hydrogens is 358 g/mol. The first-order valence-corrected chi connectivity index (χ1v) is 7.78. The summed E-state index contributed by atoms with van der Waals surface area (Å²) in [6.45, 7) is 3.48. The predicted octanol–water partition coefficient (Wildman–Crippen LogP) is 3.61. The van der Waals surface area contributed by atoms with E-state index >= 15 is 0 Å². The van der Waals surface area contributed by atoms with Crippen molar-refractivity contribution in [1.29, 1.82) is 0 Å². The largest absolute Gasteiger partial charge is 0.283 e. The molecular formula is C14H15BrF2N4O. The van der Waals surface area contributed by atoms with Gasteiger partial charge in [0, 0.05) is 11.6 Å².